The van der Waals surface area contributed by atoms with Gasteiger partial charge in [-0.1, -0.05) is 24.3 Å². The molecular weight excluding hydrogens is 390 g/mol. The molecule has 1 fully saturated rings. The first-order chi connectivity index (χ1) is 14.1. The third kappa shape index (κ3) is 4.23. The number of hydrogen-bond acceptors (Lipinski definition) is 6. The number of rotatable bonds is 5. The monoisotopic (exact) mass is 411 g/mol. The van der Waals surface area contributed by atoms with E-state index in [4.69, 9.17) is 9.47 Å². The Bertz CT molecular complexity index is 979. The minimum absolute atomic E-state index is 0.217. The van der Waals surface area contributed by atoms with Crippen molar-refractivity contribution in [2.45, 2.75) is 13.0 Å². The quantitative estimate of drug-likeness (QED) is 0.604. The Morgan fingerprint density at radius 1 is 1.14 bits per heavy atom. The fourth-order valence-corrected chi connectivity index (χ4v) is 3.83. The Morgan fingerprint density at radius 3 is 2.59 bits per heavy atom. The van der Waals surface area contributed by atoms with E-state index in [2.05, 4.69) is 5.10 Å². The van der Waals surface area contributed by atoms with E-state index in [1.807, 2.05) is 47.8 Å². The molecule has 3 aromatic rings. The molecule has 1 aliphatic rings. The number of aromatic nitrogens is 2. The van der Waals surface area contributed by atoms with Gasteiger partial charge in [0, 0.05) is 19.2 Å². The van der Waals surface area contributed by atoms with Crippen LogP contribution in [-0.4, -0.2) is 59.0 Å². The number of carbonyl (C=O) groups is 2. The zero-order chi connectivity index (χ0) is 20.2. The predicted octanol–water partition coefficient (Wildman–Crippen LogP) is 3.00. The average molecular weight is 411 g/mol. The molecule has 150 valence electrons. The van der Waals surface area contributed by atoms with E-state index < -0.39 is 12.1 Å². The van der Waals surface area contributed by atoms with Crippen molar-refractivity contribution in [3.8, 4) is 16.3 Å². The highest BCUT2D eigenvalue weighted by Crippen LogP contribution is 2.26. The lowest BCUT2D eigenvalue weighted by Crippen LogP contribution is -2.46. The molecule has 4 rings (SSSR count). The van der Waals surface area contributed by atoms with Gasteiger partial charge in [-0.2, -0.15) is 5.10 Å². The summed E-state index contributed by atoms with van der Waals surface area (Å²) < 4.78 is 12.3. The molecule has 0 N–H and O–H groups in total. The van der Waals surface area contributed by atoms with Crippen LogP contribution in [0.4, 0.5) is 0 Å². The number of hydrogen-bond donors (Lipinski definition) is 0. The smallest absolute Gasteiger partial charge is 0.357 e. The van der Waals surface area contributed by atoms with E-state index >= 15 is 0 Å². The van der Waals surface area contributed by atoms with Gasteiger partial charge in [0.1, 0.15) is 5.69 Å². The summed E-state index contributed by atoms with van der Waals surface area (Å²) in [6.07, 6.45) is -0.884. The molecule has 0 radical (unpaired) electrons. The summed E-state index contributed by atoms with van der Waals surface area (Å²) in [6.45, 7) is 3.60. The van der Waals surface area contributed by atoms with Crippen molar-refractivity contribution < 1.29 is 19.1 Å². The van der Waals surface area contributed by atoms with Crippen LogP contribution < -0.4 is 0 Å². The number of para-hydroxylation sites is 1. The molecule has 3 heterocycles. The molecule has 0 bridgehead atoms. The van der Waals surface area contributed by atoms with E-state index in [1.165, 1.54) is 0 Å². The largest absolute Gasteiger partial charge is 0.448 e. The Kier molecular flexibility index (Phi) is 5.73. The van der Waals surface area contributed by atoms with Crippen LogP contribution in [0.1, 0.15) is 17.4 Å². The maximum atomic E-state index is 12.9. The van der Waals surface area contributed by atoms with Gasteiger partial charge >= 0.3 is 5.97 Å². The molecule has 0 aliphatic carbocycles. The van der Waals surface area contributed by atoms with E-state index in [-0.39, 0.29) is 11.6 Å². The van der Waals surface area contributed by atoms with Gasteiger partial charge in [-0.15, -0.1) is 11.3 Å². The third-order valence-corrected chi connectivity index (χ3v) is 5.54. The summed E-state index contributed by atoms with van der Waals surface area (Å²) >= 11 is 1.54. The minimum Gasteiger partial charge on any atom is -0.448 e. The number of esters is 1. The van der Waals surface area contributed by atoms with Crippen molar-refractivity contribution in [3.05, 3.63) is 59.6 Å². The number of amides is 1. The van der Waals surface area contributed by atoms with Gasteiger partial charge in [-0.25, -0.2) is 9.48 Å². The molecule has 2 aromatic heterocycles. The van der Waals surface area contributed by atoms with Crippen molar-refractivity contribution in [1.29, 1.82) is 0 Å². The summed E-state index contributed by atoms with van der Waals surface area (Å²) in [5, 5.41) is 6.56. The van der Waals surface area contributed by atoms with Crippen molar-refractivity contribution >= 4 is 23.2 Å². The first-order valence-corrected chi connectivity index (χ1v) is 10.3. The average Bonchev–Trinajstić information content (AvgIpc) is 3.44. The molecule has 1 saturated heterocycles. The van der Waals surface area contributed by atoms with Crippen LogP contribution in [0.15, 0.2) is 53.9 Å². The number of nitrogens with zero attached hydrogens (tertiary/aromatic N) is 3. The summed E-state index contributed by atoms with van der Waals surface area (Å²) in [6, 6.07) is 15.0. The lowest BCUT2D eigenvalue weighted by Gasteiger charge is -2.28. The van der Waals surface area contributed by atoms with Gasteiger partial charge in [0.15, 0.2) is 11.8 Å². The Labute approximate surface area is 172 Å². The highest BCUT2D eigenvalue weighted by Gasteiger charge is 2.28. The molecule has 0 spiro atoms. The van der Waals surface area contributed by atoms with E-state index in [9.17, 15) is 9.59 Å². The van der Waals surface area contributed by atoms with Gasteiger partial charge in [0.05, 0.1) is 23.8 Å². The minimum atomic E-state index is -0.884. The maximum absolute atomic E-state index is 12.9. The van der Waals surface area contributed by atoms with Gasteiger partial charge in [0.25, 0.3) is 5.91 Å². The van der Waals surface area contributed by atoms with Crippen LogP contribution in [0, 0.1) is 0 Å². The first kappa shape index (κ1) is 19.4. The number of ether oxygens (including phenoxy) is 2. The second-order valence-electron chi connectivity index (χ2n) is 6.62. The van der Waals surface area contributed by atoms with E-state index in [1.54, 1.807) is 33.9 Å². The topological polar surface area (TPSA) is 73.7 Å². The second-order valence-corrected chi connectivity index (χ2v) is 7.57. The molecule has 1 atom stereocenters. The molecule has 1 aliphatic heterocycles. The van der Waals surface area contributed by atoms with Gasteiger partial charge in [-0.05, 0) is 30.5 Å². The molecule has 1 aromatic carbocycles. The Balaban J connectivity index is 1.59. The van der Waals surface area contributed by atoms with Crippen LogP contribution in [0.2, 0.25) is 0 Å². The van der Waals surface area contributed by atoms with Gasteiger partial charge in [0.2, 0.25) is 0 Å². The Morgan fingerprint density at radius 2 is 1.90 bits per heavy atom. The zero-order valence-corrected chi connectivity index (χ0v) is 16.8. The van der Waals surface area contributed by atoms with Gasteiger partial charge in [-0.3, -0.25) is 4.79 Å². The summed E-state index contributed by atoms with van der Waals surface area (Å²) in [7, 11) is 0. The van der Waals surface area contributed by atoms with Crippen molar-refractivity contribution in [3.63, 3.8) is 0 Å². The summed E-state index contributed by atoms with van der Waals surface area (Å²) in [4.78, 5) is 28.1. The number of thiophene rings is 1. The third-order valence-electron chi connectivity index (χ3n) is 4.65. The maximum Gasteiger partial charge on any atom is 0.357 e. The van der Waals surface area contributed by atoms with Crippen LogP contribution in [0.25, 0.3) is 16.3 Å². The normalized spacial score (nSPS) is 15.1. The fraction of sp³-hybridized carbons (Fsp3) is 0.286. The molecule has 1 unspecified atom stereocenters. The summed E-state index contributed by atoms with van der Waals surface area (Å²) in [5.74, 6) is -0.802. The van der Waals surface area contributed by atoms with Crippen LogP contribution in [0.3, 0.4) is 0 Å². The number of carbonyl (C=O) groups excluding carboxylic acids is 2. The van der Waals surface area contributed by atoms with Gasteiger partial charge < -0.3 is 14.4 Å². The van der Waals surface area contributed by atoms with E-state index in [0.717, 1.165) is 10.6 Å². The van der Waals surface area contributed by atoms with Crippen molar-refractivity contribution in [2.75, 3.05) is 26.3 Å². The SMILES string of the molecule is CC(OC(=O)c1cc(-c2cccs2)nn1-c1ccccc1)C(=O)N1CCOCC1. The predicted molar refractivity (Wildman–Crippen MR) is 109 cm³/mol. The molecular formula is C21H21N3O4S. The number of morpholine rings is 1. The molecule has 0 saturated carbocycles. The van der Waals surface area contributed by atoms with Crippen molar-refractivity contribution in [2.24, 2.45) is 0 Å². The lowest BCUT2D eigenvalue weighted by molar-refractivity contribution is -0.143. The van der Waals surface area contributed by atoms with Crippen LogP contribution in [0.5, 0.6) is 0 Å². The van der Waals surface area contributed by atoms with E-state index in [0.29, 0.717) is 32.0 Å². The molecule has 8 heteroatoms. The molecule has 29 heavy (non-hydrogen) atoms. The highest BCUT2D eigenvalue weighted by atomic mass is 32.1. The summed E-state index contributed by atoms with van der Waals surface area (Å²) in [5.41, 5.74) is 1.71. The second kappa shape index (κ2) is 8.59. The zero-order valence-electron chi connectivity index (χ0n) is 16.0. The Hall–Kier alpha value is -2.97. The standard InChI is InChI=1S/C21H21N3O4S/c1-15(20(25)23-9-11-27-12-10-23)28-21(26)18-14-17(19-8-5-13-29-19)22-24(18)16-6-3-2-4-7-16/h2-8,13-15H,9-12H2,1H3. The lowest BCUT2D eigenvalue weighted by atomic mass is 10.2. The molecule has 7 nitrogen and oxygen atoms in total. The molecule has 1 amide bonds. The first-order valence-electron chi connectivity index (χ1n) is 9.40. The fourth-order valence-electron chi connectivity index (χ4n) is 3.15. The van der Waals surface area contributed by atoms with Crippen LogP contribution >= 0.6 is 11.3 Å². The van der Waals surface area contributed by atoms with Crippen LogP contribution in [-0.2, 0) is 14.3 Å². The van der Waals surface area contributed by atoms with Crippen molar-refractivity contribution in [1.82, 2.24) is 14.7 Å². The highest BCUT2D eigenvalue weighted by molar-refractivity contribution is 7.13. The number of benzene rings is 1.